The van der Waals surface area contributed by atoms with Crippen LogP contribution in [0.4, 0.5) is 5.69 Å². The number of anilines is 1. The van der Waals surface area contributed by atoms with Crippen molar-refractivity contribution < 1.29 is 12.8 Å². The molecule has 0 aliphatic carbocycles. The fourth-order valence-corrected chi connectivity index (χ4v) is 3.27. The highest BCUT2D eigenvalue weighted by Gasteiger charge is 2.22. The number of hydrogen-bond donors (Lipinski definition) is 2. The van der Waals surface area contributed by atoms with Crippen molar-refractivity contribution in [1.82, 2.24) is 9.97 Å². The normalized spacial score (nSPS) is 11.4. The molecule has 2 rings (SSSR count). The standard InChI is InChI=1S/C9H9BrN4O3S/c10-9-8(1-7(2-11)17-9)18(15,16)14-6-3-12-5-13-4-6/h1,3-5,14H,2,11H2. The Bertz CT molecular complexity index is 641. The first kappa shape index (κ1) is 13.0. The van der Waals surface area contributed by atoms with Gasteiger partial charge in [-0.15, -0.1) is 0 Å². The lowest BCUT2D eigenvalue weighted by molar-refractivity contribution is 0.484. The first-order valence-electron chi connectivity index (χ1n) is 4.79. The van der Waals surface area contributed by atoms with Crippen molar-refractivity contribution in [3.8, 4) is 0 Å². The molecule has 9 heteroatoms. The summed E-state index contributed by atoms with van der Waals surface area (Å²) in [7, 11) is -3.76. The van der Waals surface area contributed by atoms with Gasteiger partial charge in [0.15, 0.2) is 4.67 Å². The lowest BCUT2D eigenvalue weighted by atomic mass is 10.5. The monoisotopic (exact) mass is 332 g/mol. The zero-order chi connectivity index (χ0) is 13.2. The molecule has 0 unspecified atom stereocenters. The number of rotatable bonds is 4. The van der Waals surface area contributed by atoms with Crippen LogP contribution in [0.15, 0.2) is 38.8 Å². The van der Waals surface area contributed by atoms with E-state index in [2.05, 4.69) is 30.6 Å². The molecule has 0 aromatic carbocycles. The van der Waals surface area contributed by atoms with Gasteiger partial charge in [-0.2, -0.15) is 0 Å². The Hall–Kier alpha value is -1.45. The second-order valence-corrected chi connectivity index (χ2v) is 5.66. The quantitative estimate of drug-likeness (QED) is 0.866. The fourth-order valence-electron chi connectivity index (χ4n) is 1.24. The van der Waals surface area contributed by atoms with Gasteiger partial charge < -0.3 is 10.2 Å². The average Bonchev–Trinajstić information content (AvgIpc) is 2.72. The van der Waals surface area contributed by atoms with Crippen LogP contribution in [0.2, 0.25) is 0 Å². The van der Waals surface area contributed by atoms with E-state index in [0.717, 1.165) is 0 Å². The first-order chi connectivity index (χ1) is 8.53. The third-order valence-electron chi connectivity index (χ3n) is 2.01. The molecular formula is C9H9BrN4O3S. The number of nitrogens with two attached hydrogens (primary N) is 1. The summed E-state index contributed by atoms with van der Waals surface area (Å²) >= 11 is 3.03. The van der Waals surface area contributed by atoms with Crippen molar-refractivity contribution in [1.29, 1.82) is 0 Å². The molecule has 0 saturated heterocycles. The maximum Gasteiger partial charge on any atom is 0.266 e. The number of nitrogens with zero attached hydrogens (tertiary/aromatic N) is 2. The van der Waals surface area contributed by atoms with Crippen LogP contribution < -0.4 is 10.5 Å². The molecule has 2 heterocycles. The van der Waals surface area contributed by atoms with E-state index in [1.807, 2.05) is 0 Å². The average molecular weight is 333 g/mol. The van der Waals surface area contributed by atoms with Crippen molar-refractivity contribution in [2.45, 2.75) is 11.4 Å². The third-order valence-corrected chi connectivity index (χ3v) is 4.25. The zero-order valence-corrected chi connectivity index (χ0v) is 11.4. The van der Waals surface area contributed by atoms with Gasteiger partial charge in [-0.3, -0.25) is 4.72 Å². The molecule has 0 atom stereocenters. The lowest BCUT2D eigenvalue weighted by Crippen LogP contribution is -2.13. The minimum Gasteiger partial charge on any atom is -0.452 e. The molecule has 3 N–H and O–H groups in total. The van der Waals surface area contributed by atoms with E-state index in [-0.39, 0.29) is 21.8 Å². The van der Waals surface area contributed by atoms with Crippen LogP contribution in [-0.2, 0) is 16.6 Å². The Morgan fingerprint density at radius 1 is 1.39 bits per heavy atom. The molecule has 0 aliphatic heterocycles. The van der Waals surface area contributed by atoms with Crippen LogP contribution >= 0.6 is 15.9 Å². The number of aromatic nitrogens is 2. The largest absolute Gasteiger partial charge is 0.452 e. The van der Waals surface area contributed by atoms with Gasteiger partial charge in [-0.25, -0.2) is 18.4 Å². The summed E-state index contributed by atoms with van der Waals surface area (Å²) < 4.78 is 31.7. The van der Waals surface area contributed by atoms with E-state index in [1.165, 1.54) is 24.8 Å². The van der Waals surface area contributed by atoms with E-state index in [9.17, 15) is 8.42 Å². The minimum absolute atomic E-state index is 0.0215. The molecule has 0 radical (unpaired) electrons. The van der Waals surface area contributed by atoms with Crippen LogP contribution in [0, 0.1) is 0 Å². The number of nitrogens with one attached hydrogen (secondary N) is 1. The van der Waals surface area contributed by atoms with Gasteiger partial charge in [0.2, 0.25) is 0 Å². The van der Waals surface area contributed by atoms with Crippen molar-refractivity contribution in [3.63, 3.8) is 0 Å². The number of furan rings is 1. The Morgan fingerprint density at radius 2 is 2.06 bits per heavy atom. The predicted octanol–water partition coefficient (Wildman–Crippen LogP) is 1.09. The van der Waals surface area contributed by atoms with Gasteiger partial charge >= 0.3 is 0 Å². The number of hydrogen-bond acceptors (Lipinski definition) is 6. The minimum atomic E-state index is -3.76. The van der Waals surface area contributed by atoms with Gasteiger partial charge in [0, 0.05) is 6.07 Å². The van der Waals surface area contributed by atoms with Crippen LogP contribution in [0.25, 0.3) is 0 Å². The maximum atomic E-state index is 12.1. The van der Waals surface area contributed by atoms with E-state index in [0.29, 0.717) is 5.76 Å². The molecule has 96 valence electrons. The second-order valence-electron chi connectivity index (χ2n) is 3.29. The van der Waals surface area contributed by atoms with Crippen LogP contribution in [0.3, 0.4) is 0 Å². The molecule has 0 aliphatic rings. The van der Waals surface area contributed by atoms with Crippen molar-refractivity contribution in [2.75, 3.05) is 4.72 Å². The smallest absolute Gasteiger partial charge is 0.266 e. The van der Waals surface area contributed by atoms with Gasteiger partial charge in [-0.1, -0.05) is 0 Å². The Morgan fingerprint density at radius 3 is 2.61 bits per heavy atom. The predicted molar refractivity (Wildman–Crippen MR) is 67.1 cm³/mol. The summed E-state index contributed by atoms with van der Waals surface area (Å²) in [5, 5.41) is 0. The van der Waals surface area contributed by atoms with E-state index < -0.39 is 10.0 Å². The Labute approximate surface area is 112 Å². The van der Waals surface area contributed by atoms with Crippen LogP contribution in [-0.4, -0.2) is 18.4 Å². The summed E-state index contributed by atoms with van der Waals surface area (Å²) in [6.07, 6.45) is 4.00. The molecule has 0 spiro atoms. The van der Waals surface area contributed by atoms with Crippen molar-refractivity contribution in [2.24, 2.45) is 5.73 Å². The second kappa shape index (κ2) is 5.04. The highest BCUT2D eigenvalue weighted by Crippen LogP contribution is 2.27. The van der Waals surface area contributed by atoms with Gasteiger partial charge in [0.25, 0.3) is 10.0 Å². The summed E-state index contributed by atoms with van der Waals surface area (Å²) in [5.74, 6) is 0.367. The first-order valence-corrected chi connectivity index (χ1v) is 7.06. The van der Waals surface area contributed by atoms with E-state index >= 15 is 0 Å². The zero-order valence-electron chi connectivity index (χ0n) is 9.00. The number of sulfonamides is 1. The summed E-state index contributed by atoms with van der Waals surface area (Å²) in [4.78, 5) is 7.40. The molecular weight excluding hydrogens is 324 g/mol. The van der Waals surface area contributed by atoms with Crippen LogP contribution in [0.5, 0.6) is 0 Å². The fraction of sp³-hybridized carbons (Fsp3) is 0.111. The summed E-state index contributed by atoms with van der Waals surface area (Å²) in [5.41, 5.74) is 5.64. The third kappa shape index (κ3) is 2.68. The maximum absolute atomic E-state index is 12.1. The summed E-state index contributed by atoms with van der Waals surface area (Å²) in [6, 6.07) is 1.36. The molecule has 0 saturated carbocycles. The highest BCUT2D eigenvalue weighted by molar-refractivity contribution is 9.10. The SMILES string of the molecule is NCc1cc(S(=O)(=O)Nc2cncnc2)c(Br)o1. The van der Waals surface area contributed by atoms with E-state index in [1.54, 1.807) is 0 Å². The topological polar surface area (TPSA) is 111 Å². The molecule has 0 amide bonds. The van der Waals surface area contributed by atoms with Crippen molar-refractivity contribution in [3.05, 3.63) is 35.2 Å². The van der Waals surface area contributed by atoms with Gasteiger partial charge in [0.05, 0.1) is 24.6 Å². The van der Waals surface area contributed by atoms with Gasteiger partial charge in [-0.05, 0) is 15.9 Å². The number of halogens is 1. The molecule has 2 aromatic rings. The Balaban J connectivity index is 2.34. The van der Waals surface area contributed by atoms with Crippen LogP contribution in [0.1, 0.15) is 5.76 Å². The summed E-state index contributed by atoms with van der Waals surface area (Å²) in [6.45, 7) is 0.114. The molecule has 7 nitrogen and oxygen atoms in total. The van der Waals surface area contributed by atoms with E-state index in [4.69, 9.17) is 10.2 Å². The Kier molecular flexibility index (Phi) is 3.64. The molecule has 2 aromatic heterocycles. The lowest BCUT2D eigenvalue weighted by Gasteiger charge is -2.04. The molecule has 0 fully saturated rings. The van der Waals surface area contributed by atoms with Crippen molar-refractivity contribution >= 4 is 31.6 Å². The van der Waals surface area contributed by atoms with Gasteiger partial charge in [0.1, 0.15) is 17.0 Å². The highest BCUT2D eigenvalue weighted by atomic mass is 79.9. The molecule has 0 bridgehead atoms. The molecule has 18 heavy (non-hydrogen) atoms.